The number of halogens is 1. The van der Waals surface area contributed by atoms with Crippen molar-refractivity contribution in [1.82, 2.24) is 0 Å². The van der Waals surface area contributed by atoms with Crippen LogP contribution < -0.4 is 4.90 Å². The average molecular weight is 211 g/mol. The van der Waals surface area contributed by atoms with Crippen LogP contribution in [-0.2, 0) is 4.79 Å². The second-order valence-electron chi connectivity index (χ2n) is 3.28. The molecule has 1 aromatic carbocycles. The van der Waals surface area contributed by atoms with Crippen molar-refractivity contribution >= 4 is 11.7 Å². The van der Waals surface area contributed by atoms with Crippen molar-refractivity contribution in [3.05, 3.63) is 30.1 Å². The predicted molar refractivity (Wildman–Crippen MR) is 56.5 cm³/mol. The highest BCUT2D eigenvalue weighted by Crippen LogP contribution is 2.17. The Hall–Kier alpha value is -1.58. The third kappa shape index (κ3) is 2.68. The molecule has 0 aromatic heterocycles. The summed E-state index contributed by atoms with van der Waals surface area (Å²) in [6.07, 6.45) is 0. The minimum absolute atomic E-state index is 0.321. The first-order valence-electron chi connectivity index (χ1n) is 4.81. The fraction of sp³-hybridized carbons (Fsp3) is 0.364. The Kier molecular flexibility index (Phi) is 3.66. The van der Waals surface area contributed by atoms with Crippen molar-refractivity contribution in [3.8, 4) is 0 Å². The van der Waals surface area contributed by atoms with Gasteiger partial charge in [0, 0.05) is 12.2 Å². The molecular weight excluding hydrogens is 197 g/mol. The Morgan fingerprint density at radius 2 is 2.00 bits per heavy atom. The standard InChI is InChI=1S/C11H14FNO2/c1-3-13(8(2)11(14)15)10-6-4-9(12)5-7-10/h4-8H,3H2,1-2H3,(H,14,15)/t8-/m1/s1. The summed E-state index contributed by atoms with van der Waals surface area (Å²) < 4.78 is 12.7. The molecule has 0 saturated carbocycles. The fourth-order valence-corrected chi connectivity index (χ4v) is 1.45. The van der Waals surface area contributed by atoms with Crippen LogP contribution in [-0.4, -0.2) is 23.7 Å². The van der Waals surface area contributed by atoms with Crippen LogP contribution in [0.25, 0.3) is 0 Å². The van der Waals surface area contributed by atoms with Crippen molar-refractivity contribution in [2.75, 3.05) is 11.4 Å². The summed E-state index contributed by atoms with van der Waals surface area (Å²) in [6, 6.07) is 5.20. The predicted octanol–water partition coefficient (Wildman–Crippen LogP) is 2.13. The molecule has 1 N–H and O–H groups in total. The number of carbonyl (C=O) groups is 1. The maximum Gasteiger partial charge on any atom is 0.326 e. The van der Waals surface area contributed by atoms with Gasteiger partial charge in [-0.1, -0.05) is 0 Å². The van der Waals surface area contributed by atoms with Gasteiger partial charge in [-0.3, -0.25) is 0 Å². The molecule has 15 heavy (non-hydrogen) atoms. The molecule has 4 heteroatoms. The van der Waals surface area contributed by atoms with Gasteiger partial charge < -0.3 is 10.0 Å². The van der Waals surface area contributed by atoms with Gasteiger partial charge in [0.1, 0.15) is 11.9 Å². The van der Waals surface area contributed by atoms with E-state index in [-0.39, 0.29) is 5.82 Å². The molecule has 1 atom stereocenters. The molecule has 3 nitrogen and oxygen atoms in total. The number of nitrogens with zero attached hydrogens (tertiary/aromatic N) is 1. The van der Waals surface area contributed by atoms with Crippen LogP contribution in [0.4, 0.5) is 10.1 Å². The SMILES string of the molecule is CCN(c1ccc(F)cc1)[C@H](C)C(=O)O. The van der Waals surface area contributed by atoms with E-state index in [1.807, 2.05) is 6.92 Å². The van der Waals surface area contributed by atoms with Crippen molar-refractivity contribution in [3.63, 3.8) is 0 Å². The third-order valence-corrected chi connectivity index (χ3v) is 2.32. The van der Waals surface area contributed by atoms with Crippen molar-refractivity contribution < 1.29 is 14.3 Å². The number of aliphatic carboxylic acids is 1. The zero-order chi connectivity index (χ0) is 11.4. The lowest BCUT2D eigenvalue weighted by Crippen LogP contribution is -2.38. The Labute approximate surface area is 88.1 Å². The van der Waals surface area contributed by atoms with E-state index in [1.54, 1.807) is 24.0 Å². The summed E-state index contributed by atoms with van der Waals surface area (Å²) >= 11 is 0. The molecule has 0 amide bonds. The summed E-state index contributed by atoms with van der Waals surface area (Å²) in [5, 5.41) is 8.88. The van der Waals surface area contributed by atoms with Gasteiger partial charge in [-0.25, -0.2) is 9.18 Å². The van der Waals surface area contributed by atoms with E-state index in [1.165, 1.54) is 12.1 Å². The zero-order valence-electron chi connectivity index (χ0n) is 8.77. The molecule has 0 fully saturated rings. The minimum atomic E-state index is -0.888. The second kappa shape index (κ2) is 4.77. The van der Waals surface area contributed by atoms with E-state index in [4.69, 9.17) is 5.11 Å². The second-order valence-corrected chi connectivity index (χ2v) is 3.28. The summed E-state index contributed by atoms with van der Waals surface area (Å²) in [7, 11) is 0. The first-order chi connectivity index (χ1) is 7.06. The molecule has 0 spiro atoms. The quantitative estimate of drug-likeness (QED) is 0.829. The lowest BCUT2D eigenvalue weighted by atomic mass is 10.2. The molecule has 82 valence electrons. The summed E-state index contributed by atoms with van der Waals surface area (Å²) in [4.78, 5) is 12.5. The number of carboxylic acid groups (broad SMARTS) is 1. The van der Waals surface area contributed by atoms with Gasteiger partial charge in [-0.15, -0.1) is 0 Å². The van der Waals surface area contributed by atoms with Crippen LogP contribution >= 0.6 is 0 Å². The van der Waals surface area contributed by atoms with Crippen molar-refractivity contribution in [2.24, 2.45) is 0 Å². The topological polar surface area (TPSA) is 40.5 Å². The molecule has 0 aliphatic carbocycles. The van der Waals surface area contributed by atoms with E-state index >= 15 is 0 Å². The van der Waals surface area contributed by atoms with E-state index in [0.717, 1.165) is 0 Å². The minimum Gasteiger partial charge on any atom is -0.480 e. The number of rotatable bonds is 4. The number of likely N-dealkylation sites (N-methyl/N-ethyl adjacent to an activating group) is 1. The average Bonchev–Trinajstić information content (AvgIpc) is 2.21. The first kappa shape index (κ1) is 11.5. The normalized spacial score (nSPS) is 12.2. The van der Waals surface area contributed by atoms with E-state index in [0.29, 0.717) is 12.2 Å². The third-order valence-electron chi connectivity index (χ3n) is 2.32. The molecule has 0 aliphatic heterocycles. The molecule has 1 aromatic rings. The molecule has 0 bridgehead atoms. The van der Waals surface area contributed by atoms with Crippen molar-refractivity contribution in [1.29, 1.82) is 0 Å². The number of hydrogen-bond donors (Lipinski definition) is 1. The van der Waals surface area contributed by atoms with E-state index in [9.17, 15) is 9.18 Å². The van der Waals surface area contributed by atoms with Crippen LogP contribution in [0.15, 0.2) is 24.3 Å². The van der Waals surface area contributed by atoms with Crippen LogP contribution in [0.2, 0.25) is 0 Å². The van der Waals surface area contributed by atoms with Gasteiger partial charge in [0.05, 0.1) is 0 Å². The molecular formula is C11H14FNO2. The van der Waals surface area contributed by atoms with E-state index in [2.05, 4.69) is 0 Å². The monoisotopic (exact) mass is 211 g/mol. The lowest BCUT2D eigenvalue weighted by Gasteiger charge is -2.27. The first-order valence-corrected chi connectivity index (χ1v) is 4.81. The number of carboxylic acids is 1. The smallest absolute Gasteiger partial charge is 0.326 e. The molecule has 0 radical (unpaired) electrons. The highest BCUT2D eigenvalue weighted by atomic mass is 19.1. The number of anilines is 1. The maximum atomic E-state index is 12.7. The number of benzene rings is 1. The van der Waals surface area contributed by atoms with Crippen LogP contribution in [0.5, 0.6) is 0 Å². The van der Waals surface area contributed by atoms with Gasteiger partial charge >= 0.3 is 5.97 Å². The fourth-order valence-electron chi connectivity index (χ4n) is 1.45. The lowest BCUT2D eigenvalue weighted by molar-refractivity contribution is -0.138. The Balaban J connectivity index is 2.92. The van der Waals surface area contributed by atoms with Crippen LogP contribution in [0.3, 0.4) is 0 Å². The molecule has 0 aliphatic rings. The van der Waals surface area contributed by atoms with E-state index < -0.39 is 12.0 Å². The maximum absolute atomic E-state index is 12.7. The van der Waals surface area contributed by atoms with Crippen LogP contribution in [0.1, 0.15) is 13.8 Å². The van der Waals surface area contributed by atoms with Gasteiger partial charge in [0.2, 0.25) is 0 Å². The van der Waals surface area contributed by atoms with Crippen LogP contribution in [0, 0.1) is 5.82 Å². The highest BCUT2D eigenvalue weighted by Gasteiger charge is 2.19. The summed E-state index contributed by atoms with van der Waals surface area (Å²) in [5.74, 6) is -1.21. The van der Waals surface area contributed by atoms with Gasteiger partial charge in [0.15, 0.2) is 0 Å². The largest absolute Gasteiger partial charge is 0.480 e. The molecule has 0 unspecified atom stereocenters. The van der Waals surface area contributed by atoms with Gasteiger partial charge in [-0.05, 0) is 38.1 Å². The van der Waals surface area contributed by atoms with Gasteiger partial charge in [-0.2, -0.15) is 0 Å². The summed E-state index contributed by atoms with van der Waals surface area (Å²) in [5.41, 5.74) is 0.716. The Morgan fingerprint density at radius 3 is 2.40 bits per heavy atom. The van der Waals surface area contributed by atoms with Gasteiger partial charge in [0.25, 0.3) is 0 Å². The van der Waals surface area contributed by atoms with Crippen molar-refractivity contribution in [2.45, 2.75) is 19.9 Å². The Bertz CT molecular complexity index is 337. The highest BCUT2D eigenvalue weighted by molar-refractivity contribution is 5.77. The Morgan fingerprint density at radius 1 is 1.47 bits per heavy atom. The molecule has 0 saturated heterocycles. The zero-order valence-corrected chi connectivity index (χ0v) is 8.77. The molecule has 0 heterocycles. The molecule has 1 rings (SSSR count). The summed E-state index contributed by atoms with van der Waals surface area (Å²) in [6.45, 7) is 4.04. The number of hydrogen-bond acceptors (Lipinski definition) is 2.